The van der Waals surface area contributed by atoms with E-state index >= 15 is 0 Å². The van der Waals surface area contributed by atoms with Gasteiger partial charge < -0.3 is 5.73 Å². The molecule has 108 valence electrons. The number of fused-ring (bicyclic) bond motifs is 3. The zero-order valence-electron chi connectivity index (χ0n) is 11.8. The van der Waals surface area contributed by atoms with Crippen LogP contribution in [-0.2, 0) is 6.54 Å². The lowest BCUT2D eigenvalue weighted by molar-refractivity contribution is 0.433. The number of nitrogen functional groups attached to an aromatic ring is 1. The monoisotopic (exact) mass is 290 g/mol. The fourth-order valence-corrected chi connectivity index (χ4v) is 2.65. The summed E-state index contributed by atoms with van der Waals surface area (Å²) in [7, 11) is 0. The topological polar surface area (TPSA) is 93.4 Å². The fraction of sp³-hybridized carbons (Fsp3) is 0.0625. The summed E-state index contributed by atoms with van der Waals surface area (Å²) in [5.41, 5.74) is 10.7. The Labute approximate surface area is 127 Å². The number of hydrogen-bond acceptors (Lipinski definition) is 6. The van der Waals surface area contributed by atoms with Gasteiger partial charge >= 0.3 is 0 Å². The molecule has 2 aliphatic heterocycles. The molecule has 2 aliphatic rings. The van der Waals surface area contributed by atoms with Gasteiger partial charge in [-0.05, 0) is 18.2 Å². The number of hydrogen-bond donors (Lipinski definition) is 2. The number of nitrogens with two attached hydrogens (primary N) is 2. The van der Waals surface area contributed by atoms with E-state index in [2.05, 4.69) is 15.0 Å². The van der Waals surface area contributed by atoms with E-state index in [1.165, 1.54) is 0 Å². The van der Waals surface area contributed by atoms with Crippen molar-refractivity contribution in [2.45, 2.75) is 6.54 Å². The summed E-state index contributed by atoms with van der Waals surface area (Å²) in [5.74, 6) is 6.54. The summed E-state index contributed by atoms with van der Waals surface area (Å²) in [4.78, 5) is 12.3. The van der Waals surface area contributed by atoms with Crippen LogP contribution in [0.3, 0.4) is 0 Å². The molecule has 0 saturated carbocycles. The smallest absolute Gasteiger partial charge is 0.153 e. The predicted molar refractivity (Wildman–Crippen MR) is 86.3 cm³/mol. The molecule has 0 amide bonds. The third kappa shape index (κ3) is 1.97. The minimum absolute atomic E-state index is 0.717. The number of hydrazine groups is 1. The Morgan fingerprint density at radius 3 is 2.86 bits per heavy atom. The van der Waals surface area contributed by atoms with Crippen LogP contribution < -0.4 is 11.6 Å². The molecule has 3 bridgehead atoms. The van der Waals surface area contributed by atoms with Crippen LogP contribution >= 0.6 is 0 Å². The van der Waals surface area contributed by atoms with Crippen molar-refractivity contribution in [3.8, 4) is 0 Å². The molecule has 1 aromatic heterocycles. The minimum Gasteiger partial charge on any atom is -0.398 e. The predicted octanol–water partition coefficient (Wildman–Crippen LogP) is 1.98. The first-order valence-electron chi connectivity index (χ1n) is 6.91. The van der Waals surface area contributed by atoms with E-state index in [1.54, 1.807) is 11.3 Å². The average Bonchev–Trinajstić information content (AvgIpc) is 2.85. The van der Waals surface area contributed by atoms with Crippen molar-refractivity contribution >= 4 is 28.1 Å². The molecule has 0 unspecified atom stereocenters. The van der Waals surface area contributed by atoms with Crippen LogP contribution in [0.1, 0.15) is 11.1 Å². The Kier molecular flexibility index (Phi) is 2.77. The SMILES string of the molecule is Nc1cc2c3cc1C(=N3)N(N)C2.c1ccc2ncncc2c1. The van der Waals surface area contributed by atoms with Gasteiger partial charge in [-0.25, -0.2) is 20.8 Å². The quantitative estimate of drug-likeness (QED) is 0.488. The normalized spacial score (nSPS) is 13.9. The molecular formula is C16H14N6. The zero-order valence-corrected chi connectivity index (χ0v) is 11.8. The van der Waals surface area contributed by atoms with E-state index in [4.69, 9.17) is 11.6 Å². The van der Waals surface area contributed by atoms with E-state index < -0.39 is 0 Å². The summed E-state index contributed by atoms with van der Waals surface area (Å²) in [6, 6.07) is 11.9. The molecule has 3 heterocycles. The largest absolute Gasteiger partial charge is 0.398 e. The van der Waals surface area contributed by atoms with Crippen LogP contribution in [0.5, 0.6) is 0 Å². The van der Waals surface area contributed by atoms with Crippen molar-refractivity contribution in [1.82, 2.24) is 15.0 Å². The Hall–Kier alpha value is -2.99. The summed E-state index contributed by atoms with van der Waals surface area (Å²) in [5, 5.41) is 2.72. The molecule has 3 aromatic rings. The van der Waals surface area contributed by atoms with Crippen LogP contribution in [-0.4, -0.2) is 20.8 Å². The molecule has 6 heteroatoms. The van der Waals surface area contributed by atoms with Crippen LogP contribution in [0.4, 0.5) is 11.4 Å². The molecular weight excluding hydrogens is 276 g/mol. The Morgan fingerprint density at radius 2 is 2.00 bits per heavy atom. The molecule has 2 aromatic carbocycles. The highest BCUT2D eigenvalue weighted by molar-refractivity contribution is 6.09. The first-order chi connectivity index (χ1) is 10.7. The lowest BCUT2D eigenvalue weighted by Gasteiger charge is -2.19. The van der Waals surface area contributed by atoms with E-state index in [0.29, 0.717) is 0 Å². The minimum atomic E-state index is 0.717. The van der Waals surface area contributed by atoms with Gasteiger partial charge in [0.2, 0.25) is 0 Å². The fourth-order valence-electron chi connectivity index (χ4n) is 2.65. The zero-order chi connectivity index (χ0) is 15.1. The van der Waals surface area contributed by atoms with Crippen LogP contribution in [0.2, 0.25) is 0 Å². The van der Waals surface area contributed by atoms with Gasteiger partial charge in [0.25, 0.3) is 0 Å². The molecule has 0 fully saturated rings. The maximum atomic E-state index is 5.79. The molecule has 0 spiro atoms. The van der Waals surface area contributed by atoms with Gasteiger partial charge in [0.1, 0.15) is 6.33 Å². The molecule has 22 heavy (non-hydrogen) atoms. The summed E-state index contributed by atoms with van der Waals surface area (Å²) in [6.07, 6.45) is 3.37. The maximum Gasteiger partial charge on any atom is 0.153 e. The summed E-state index contributed by atoms with van der Waals surface area (Å²) >= 11 is 0. The average molecular weight is 290 g/mol. The Morgan fingerprint density at radius 1 is 1.14 bits per heavy atom. The number of aromatic nitrogens is 2. The van der Waals surface area contributed by atoms with Gasteiger partial charge in [0.05, 0.1) is 17.7 Å². The van der Waals surface area contributed by atoms with E-state index in [0.717, 1.165) is 45.8 Å². The van der Waals surface area contributed by atoms with Crippen molar-refractivity contribution in [2.75, 3.05) is 5.73 Å². The number of rotatable bonds is 0. The number of benzene rings is 2. The van der Waals surface area contributed by atoms with Crippen molar-refractivity contribution in [3.05, 3.63) is 60.0 Å². The second kappa shape index (κ2) is 4.78. The highest BCUT2D eigenvalue weighted by Crippen LogP contribution is 2.37. The highest BCUT2D eigenvalue weighted by atomic mass is 15.4. The van der Waals surface area contributed by atoms with Gasteiger partial charge in [-0.1, -0.05) is 18.2 Å². The number of aliphatic imine (C=N–C) groups is 1. The number of anilines is 1. The molecule has 0 atom stereocenters. The molecule has 0 radical (unpaired) electrons. The molecule has 0 aliphatic carbocycles. The number of amidine groups is 1. The maximum absolute atomic E-state index is 5.79. The number of nitrogens with zero attached hydrogens (tertiary/aromatic N) is 4. The van der Waals surface area contributed by atoms with E-state index in [9.17, 15) is 0 Å². The molecule has 6 nitrogen and oxygen atoms in total. The van der Waals surface area contributed by atoms with Crippen LogP contribution in [0, 0.1) is 0 Å². The Balaban J connectivity index is 0.000000116. The van der Waals surface area contributed by atoms with Crippen molar-refractivity contribution in [2.24, 2.45) is 10.8 Å². The molecule has 4 N–H and O–H groups in total. The van der Waals surface area contributed by atoms with Gasteiger partial charge in [0, 0.05) is 28.4 Å². The third-order valence-corrected chi connectivity index (χ3v) is 3.74. The van der Waals surface area contributed by atoms with Crippen LogP contribution in [0.15, 0.2) is 53.9 Å². The van der Waals surface area contributed by atoms with Gasteiger partial charge in [-0.2, -0.15) is 0 Å². The number of para-hydroxylation sites is 1. The van der Waals surface area contributed by atoms with E-state index in [-0.39, 0.29) is 0 Å². The first kappa shape index (κ1) is 12.7. The molecule has 0 saturated heterocycles. The third-order valence-electron chi connectivity index (χ3n) is 3.74. The summed E-state index contributed by atoms with van der Waals surface area (Å²) < 4.78 is 0. The second-order valence-corrected chi connectivity index (χ2v) is 5.21. The van der Waals surface area contributed by atoms with E-state index in [1.807, 2.05) is 42.6 Å². The van der Waals surface area contributed by atoms with Crippen LogP contribution in [0.25, 0.3) is 10.9 Å². The Bertz CT molecular complexity index is 837. The van der Waals surface area contributed by atoms with Gasteiger partial charge in [0.15, 0.2) is 5.84 Å². The van der Waals surface area contributed by atoms with Crippen molar-refractivity contribution in [1.29, 1.82) is 0 Å². The summed E-state index contributed by atoms with van der Waals surface area (Å²) in [6.45, 7) is 0.717. The molecule has 5 rings (SSSR count). The lowest BCUT2D eigenvalue weighted by atomic mass is 10.1. The van der Waals surface area contributed by atoms with Gasteiger partial charge in [-0.3, -0.25) is 5.01 Å². The lowest BCUT2D eigenvalue weighted by Crippen LogP contribution is -2.36. The first-order valence-corrected chi connectivity index (χ1v) is 6.91. The highest BCUT2D eigenvalue weighted by Gasteiger charge is 2.27. The van der Waals surface area contributed by atoms with Gasteiger partial charge in [-0.15, -0.1) is 0 Å². The van der Waals surface area contributed by atoms with Crippen molar-refractivity contribution < 1.29 is 0 Å². The van der Waals surface area contributed by atoms with Crippen molar-refractivity contribution in [3.63, 3.8) is 0 Å². The standard InChI is InChI=1S/C8H8N4.C8H6N2/c9-6-1-4-3-12(10)8-5(6)2-7(4)11-8;1-2-4-8-7(3-1)5-9-6-10-8/h1-2H,3,9-10H2;1-6H. The second-order valence-electron chi connectivity index (χ2n) is 5.21.